The summed E-state index contributed by atoms with van der Waals surface area (Å²) in [7, 11) is 2.62. The largest absolute Gasteiger partial charge is 0.453 e. The Labute approximate surface area is 433 Å². The van der Waals surface area contributed by atoms with Gasteiger partial charge in [0.05, 0.1) is 50.7 Å². The van der Waals surface area contributed by atoms with E-state index in [1.807, 2.05) is 77.6 Å². The van der Waals surface area contributed by atoms with Gasteiger partial charge in [-0.05, 0) is 114 Å². The lowest BCUT2D eigenvalue weighted by Crippen LogP contribution is -2.54. The van der Waals surface area contributed by atoms with E-state index in [0.29, 0.717) is 12.0 Å². The molecule has 2 aliphatic heterocycles. The van der Waals surface area contributed by atoms with Crippen LogP contribution in [0.2, 0.25) is 0 Å². The Kier molecular flexibility index (Phi) is 24.8. The summed E-state index contributed by atoms with van der Waals surface area (Å²) in [6, 6.07) is 26.0. The van der Waals surface area contributed by atoms with Crippen LogP contribution in [-0.2, 0) is 19.1 Å². The van der Waals surface area contributed by atoms with Gasteiger partial charge in [0.1, 0.15) is 12.1 Å². The number of ether oxygens (including phenoxy) is 2. The molecule has 5 atom stereocenters. The van der Waals surface area contributed by atoms with Crippen LogP contribution in [0.3, 0.4) is 0 Å². The van der Waals surface area contributed by atoms with Crippen LogP contribution in [0.1, 0.15) is 94.4 Å². The zero-order chi connectivity index (χ0) is 54.2. The van der Waals surface area contributed by atoms with E-state index >= 15 is 0 Å². The van der Waals surface area contributed by atoms with Crippen LogP contribution in [0.4, 0.5) is 9.59 Å². The average Bonchev–Trinajstić information content (AvgIpc) is 3.87. The summed E-state index contributed by atoms with van der Waals surface area (Å²) in [5, 5.41) is 10.2. The number of amides is 4. The van der Waals surface area contributed by atoms with Crippen molar-refractivity contribution in [2.24, 2.45) is 17.8 Å². The smallest absolute Gasteiger partial charge is 0.407 e. The first-order valence-electron chi connectivity index (χ1n) is 25.4. The second-order valence-corrected chi connectivity index (χ2v) is 18.0. The van der Waals surface area contributed by atoms with Crippen LogP contribution in [-0.4, -0.2) is 105 Å². The Morgan fingerprint density at radius 3 is 1.32 bits per heavy atom. The number of terminal acetylenes is 2. The van der Waals surface area contributed by atoms with Crippen LogP contribution in [0.5, 0.6) is 0 Å². The topological polar surface area (TPSA) is 175 Å². The maximum atomic E-state index is 12.5. The van der Waals surface area contributed by atoms with Gasteiger partial charge in [-0.15, -0.1) is 25.7 Å². The molecule has 2 aromatic heterocycles. The number of nitrogens with zero attached hydrogens (tertiary/aromatic N) is 4. The highest BCUT2D eigenvalue weighted by atomic mass is 16.5. The summed E-state index contributed by atoms with van der Waals surface area (Å²) in [5.74, 6) is 0.869. The normalized spacial score (nSPS) is 16.6. The van der Waals surface area contributed by atoms with E-state index in [0.717, 1.165) is 61.3 Å². The van der Waals surface area contributed by atoms with Crippen molar-refractivity contribution in [1.29, 1.82) is 0 Å². The third-order valence-corrected chi connectivity index (χ3v) is 12.8. The lowest BCUT2D eigenvalue weighted by molar-refractivity contribution is -0.137. The summed E-state index contributed by atoms with van der Waals surface area (Å²) in [4.78, 5) is 65.7. The number of aromatic nitrogens is 4. The second kappa shape index (κ2) is 30.3. The van der Waals surface area contributed by atoms with Crippen LogP contribution in [0.15, 0.2) is 97.8 Å². The molecule has 6 aromatic rings. The van der Waals surface area contributed by atoms with E-state index in [2.05, 4.69) is 145 Å². The van der Waals surface area contributed by atoms with Gasteiger partial charge in [-0.25, -0.2) is 19.6 Å². The highest BCUT2D eigenvalue weighted by Crippen LogP contribution is 2.44. The molecule has 4 unspecified atom stereocenters. The van der Waals surface area contributed by atoms with E-state index in [1.165, 1.54) is 53.3 Å². The monoisotopic (exact) mass is 995 g/mol. The van der Waals surface area contributed by atoms with Gasteiger partial charge < -0.3 is 39.9 Å². The molecule has 14 nitrogen and oxygen atoms in total. The fraction of sp³-hybridized carbons (Fsp3) is 0.424. The van der Waals surface area contributed by atoms with Crippen molar-refractivity contribution < 1.29 is 28.7 Å². The number of imidazole rings is 2. The number of benzene rings is 4. The standard InChI is InChI=1S/C26H18N4.C13H24N2O3.C12H20N2O3.2C2H6.2C2H2/c1-3-21-11-23(25-13-27-15-29-25)7-5-19(21)9-17(1)18-2-4-22-12-24(8-6-20(22)10-18)26-14-28-16-30-26;1-9(2)11(14-13(17)18-4)12(16)15-8-6-5-7-10(15)3;1-7(2)10(13-12(16)17-3)11(15)14-5-4-8-6-9(8)14;4*1-2/h1-16H,(H,27,29)(H,28,30);9-11H,5-8H2,1-4H3,(H,14,17);7-10H,4-6H2,1-3H3,(H,13,16);2*1-2H3;2*1-2H/t;;8?,9?,10-;;;;/m..0..../s1. The van der Waals surface area contributed by atoms with Gasteiger partial charge in [-0.2, -0.15) is 0 Å². The van der Waals surface area contributed by atoms with Crippen molar-refractivity contribution in [3.63, 3.8) is 0 Å². The summed E-state index contributed by atoms with van der Waals surface area (Å²) in [6.07, 6.45) is 27.5. The van der Waals surface area contributed by atoms with E-state index in [4.69, 9.17) is 0 Å². The fourth-order valence-corrected chi connectivity index (χ4v) is 8.86. The first-order chi connectivity index (χ1) is 35.3. The minimum atomic E-state index is -0.549. The minimum absolute atomic E-state index is 0.00241. The van der Waals surface area contributed by atoms with Gasteiger partial charge in [-0.1, -0.05) is 104 Å². The lowest BCUT2D eigenvalue weighted by Gasteiger charge is -2.36. The Morgan fingerprint density at radius 1 is 0.589 bits per heavy atom. The molecular formula is C59H78N8O6. The number of likely N-dealkylation sites (tertiary alicyclic amines) is 2. The molecule has 4 N–H and O–H groups in total. The number of hydrogen-bond donors (Lipinski definition) is 4. The molecule has 4 amide bonds. The Bertz CT molecular complexity index is 2550. The van der Waals surface area contributed by atoms with Crippen molar-refractivity contribution in [2.75, 3.05) is 27.3 Å². The van der Waals surface area contributed by atoms with Crippen molar-refractivity contribution >= 4 is 45.5 Å². The maximum absolute atomic E-state index is 12.5. The van der Waals surface area contributed by atoms with E-state index < -0.39 is 24.3 Å². The molecule has 0 bridgehead atoms. The third-order valence-electron chi connectivity index (χ3n) is 12.8. The van der Waals surface area contributed by atoms with Crippen LogP contribution >= 0.6 is 0 Å². The summed E-state index contributed by atoms with van der Waals surface area (Å²) >= 11 is 0. The lowest BCUT2D eigenvalue weighted by atomic mass is 9.97. The molecule has 9 rings (SSSR count). The first-order valence-corrected chi connectivity index (χ1v) is 25.4. The van der Waals surface area contributed by atoms with E-state index in [1.54, 1.807) is 12.7 Å². The SMILES string of the molecule is C#C.C#C.CC.CC.COC(=O)NC(C(=O)N1CCCCC1C)C(C)C.COC(=O)N[C@H](C(=O)N1CCC2CC21)C(C)C.c1ncc(-c2ccc3cc(-c4ccc5cc(-c6cnc[nH]6)ccc5c4)ccc3c2)[nH]1. The molecule has 1 aliphatic carbocycles. The summed E-state index contributed by atoms with van der Waals surface area (Å²) in [5.41, 5.74) is 6.79. The van der Waals surface area contributed by atoms with Crippen LogP contribution < -0.4 is 10.6 Å². The fourth-order valence-electron chi connectivity index (χ4n) is 8.86. The van der Waals surface area contributed by atoms with Crippen molar-refractivity contribution in [3.8, 4) is 59.3 Å². The molecule has 3 aliphatic rings. The van der Waals surface area contributed by atoms with Crippen LogP contribution in [0.25, 0.3) is 55.2 Å². The van der Waals surface area contributed by atoms with Gasteiger partial charge in [0.2, 0.25) is 11.8 Å². The Balaban J connectivity index is 0.000000285. The molecule has 0 spiro atoms. The number of alkyl carbamates (subject to hydrolysis) is 2. The second-order valence-electron chi connectivity index (χ2n) is 18.0. The Morgan fingerprint density at radius 2 is 0.986 bits per heavy atom. The van der Waals surface area contributed by atoms with E-state index in [-0.39, 0.29) is 29.7 Å². The highest BCUT2D eigenvalue weighted by Gasteiger charge is 2.50. The number of carbonyl (C=O) groups is 4. The van der Waals surface area contributed by atoms with Gasteiger partial charge in [-0.3, -0.25) is 9.59 Å². The predicted molar refractivity (Wildman–Crippen MR) is 296 cm³/mol. The zero-order valence-corrected chi connectivity index (χ0v) is 44.8. The summed E-state index contributed by atoms with van der Waals surface area (Å²) in [6.45, 7) is 19.4. The number of fused-ring (bicyclic) bond motifs is 3. The number of H-pyrrole nitrogens is 2. The molecule has 4 heterocycles. The summed E-state index contributed by atoms with van der Waals surface area (Å²) < 4.78 is 9.13. The first kappa shape index (κ1) is 59.7. The molecule has 3 fully saturated rings. The molecule has 14 heteroatoms. The van der Waals surface area contributed by atoms with E-state index in [9.17, 15) is 19.2 Å². The predicted octanol–water partition coefficient (Wildman–Crippen LogP) is 11.7. The van der Waals surface area contributed by atoms with Gasteiger partial charge >= 0.3 is 12.2 Å². The maximum Gasteiger partial charge on any atom is 0.407 e. The third kappa shape index (κ3) is 16.2. The number of piperidine rings is 2. The zero-order valence-electron chi connectivity index (χ0n) is 44.8. The van der Waals surface area contributed by atoms with Gasteiger partial charge in [0.15, 0.2) is 0 Å². The molecule has 73 heavy (non-hydrogen) atoms. The minimum Gasteiger partial charge on any atom is -0.453 e. The van der Waals surface area contributed by atoms with Crippen LogP contribution in [0, 0.1) is 43.4 Å². The van der Waals surface area contributed by atoms with Gasteiger partial charge in [0, 0.05) is 36.3 Å². The quantitative estimate of drug-likeness (QED) is 0.104. The molecule has 2 saturated heterocycles. The average molecular weight is 995 g/mol. The highest BCUT2D eigenvalue weighted by molar-refractivity contribution is 5.94. The number of methoxy groups -OCH3 is 2. The van der Waals surface area contributed by atoms with Gasteiger partial charge in [0.25, 0.3) is 0 Å². The molecule has 0 radical (unpaired) electrons. The van der Waals surface area contributed by atoms with Crippen molar-refractivity contribution in [3.05, 3.63) is 97.8 Å². The Hall–Kier alpha value is -7.58. The molecule has 1 saturated carbocycles. The molecular weight excluding hydrogens is 917 g/mol. The number of nitrogens with one attached hydrogen (secondary N) is 4. The number of aromatic amines is 2. The molecule has 4 aromatic carbocycles. The number of carbonyl (C=O) groups excluding carboxylic acids is 4. The number of hydrogen-bond acceptors (Lipinski definition) is 8. The van der Waals surface area contributed by atoms with Crippen molar-refractivity contribution in [1.82, 2.24) is 40.4 Å². The van der Waals surface area contributed by atoms with Crippen molar-refractivity contribution in [2.45, 2.75) is 119 Å². The molecule has 390 valence electrons. The number of rotatable bonds is 9.